The second-order valence-corrected chi connectivity index (χ2v) is 10.0. The lowest BCUT2D eigenvalue weighted by atomic mass is 9.88. The van der Waals surface area contributed by atoms with Crippen molar-refractivity contribution in [1.82, 2.24) is 19.9 Å². The summed E-state index contributed by atoms with van der Waals surface area (Å²) in [5, 5.41) is 2.45. The summed E-state index contributed by atoms with van der Waals surface area (Å²) in [6, 6.07) is 6.32. The Balaban J connectivity index is 1.72. The number of ether oxygens (including phenoxy) is 1. The van der Waals surface area contributed by atoms with Gasteiger partial charge in [0.1, 0.15) is 34.2 Å². The number of hydrogen-bond donors (Lipinski definition) is 1. The summed E-state index contributed by atoms with van der Waals surface area (Å²) in [6.45, 7) is 6.26. The highest BCUT2D eigenvalue weighted by Crippen LogP contribution is 2.36. The van der Waals surface area contributed by atoms with Crippen LogP contribution in [0.4, 0.5) is 22.4 Å². The number of aromatic nitrogens is 3. The summed E-state index contributed by atoms with van der Waals surface area (Å²) in [5.41, 5.74) is -2.30. The molecule has 1 aromatic carbocycles. The Morgan fingerprint density at radius 1 is 1.13 bits per heavy atom. The van der Waals surface area contributed by atoms with E-state index < -0.39 is 46.8 Å². The van der Waals surface area contributed by atoms with E-state index in [4.69, 9.17) is 4.74 Å². The number of ketones is 1. The highest BCUT2D eigenvalue weighted by molar-refractivity contribution is 6.05. The smallest absolute Gasteiger partial charge is 0.413 e. The quantitative estimate of drug-likeness (QED) is 0.364. The normalized spacial score (nSPS) is 17.1. The largest absolute Gasteiger partial charge is 0.444 e. The Hall–Kier alpha value is -4.09. The zero-order valence-electron chi connectivity index (χ0n) is 21.1. The first kappa shape index (κ1) is 27.0. The average Bonchev–Trinajstić information content (AvgIpc) is 3.23. The van der Waals surface area contributed by atoms with Crippen LogP contribution < -0.4 is 5.32 Å². The first-order chi connectivity index (χ1) is 17.8. The number of pyridine rings is 1. The van der Waals surface area contributed by atoms with Crippen LogP contribution in [0.15, 0.2) is 47.7 Å². The number of amidine groups is 1. The van der Waals surface area contributed by atoms with E-state index in [1.54, 1.807) is 20.8 Å². The molecule has 0 aliphatic carbocycles. The van der Waals surface area contributed by atoms with Crippen molar-refractivity contribution in [3.05, 3.63) is 82.7 Å². The molecule has 1 atom stereocenters. The second kappa shape index (κ2) is 9.99. The third kappa shape index (κ3) is 5.74. The van der Waals surface area contributed by atoms with Crippen molar-refractivity contribution in [2.75, 3.05) is 0 Å². The number of alkyl carbamates (subject to hydrolysis) is 1. The molecule has 38 heavy (non-hydrogen) atoms. The molecule has 3 heterocycles. The van der Waals surface area contributed by atoms with Gasteiger partial charge < -0.3 is 9.30 Å². The molecule has 3 aromatic rings. The fraction of sp³-hybridized carbons (Fsp3) is 0.346. The lowest BCUT2D eigenvalue weighted by molar-refractivity contribution is 0.0562. The number of halogens is 4. The molecule has 1 aliphatic heterocycles. The number of Topliss-reactive ketones (excluding diaryl/α,β-unsaturated/α-hetero) is 1. The fourth-order valence-electron chi connectivity index (χ4n) is 4.10. The minimum absolute atomic E-state index is 0.0120. The highest BCUT2D eigenvalue weighted by Gasteiger charge is 2.39. The first-order valence-corrected chi connectivity index (χ1v) is 11.6. The van der Waals surface area contributed by atoms with Gasteiger partial charge in [-0.25, -0.2) is 27.3 Å². The predicted molar refractivity (Wildman–Crippen MR) is 129 cm³/mol. The molecule has 1 amide bonds. The maximum atomic E-state index is 15.2. The molecule has 1 unspecified atom stereocenters. The molecule has 8 nitrogen and oxygen atoms in total. The van der Waals surface area contributed by atoms with Crippen molar-refractivity contribution in [2.45, 2.75) is 58.2 Å². The Labute approximate surface area is 215 Å². The monoisotopic (exact) mass is 531 g/mol. The lowest BCUT2D eigenvalue weighted by Crippen LogP contribution is -2.44. The van der Waals surface area contributed by atoms with Crippen LogP contribution in [0.5, 0.6) is 0 Å². The molecule has 200 valence electrons. The van der Waals surface area contributed by atoms with E-state index in [1.807, 2.05) is 0 Å². The van der Waals surface area contributed by atoms with Gasteiger partial charge in [-0.3, -0.25) is 20.1 Å². The highest BCUT2D eigenvalue weighted by atomic mass is 19.3. The number of carbonyl (C=O) groups excluding carboxylic acids is 2. The Kier molecular flexibility index (Phi) is 7.09. The summed E-state index contributed by atoms with van der Waals surface area (Å²) >= 11 is 0. The molecule has 1 aliphatic rings. The van der Waals surface area contributed by atoms with Crippen molar-refractivity contribution in [3.63, 3.8) is 0 Å². The summed E-state index contributed by atoms with van der Waals surface area (Å²) in [4.78, 5) is 37.4. The molecule has 0 radical (unpaired) electrons. The standard InChI is InChI=1S/C26H25F4N5O3/c1-25(2,3)38-24(37)33-22-23-32-12-19(21(29)30)35(23)13-26(4,34-22)16-9-14(5-7-17(16)28)10-20(36)18-8-6-15(27)11-31-18/h5-9,11-12,21H,10,13H2,1-4H3,(H,33,34,37). The number of rotatable bonds is 5. The zero-order chi connectivity index (χ0) is 27.8. The van der Waals surface area contributed by atoms with E-state index in [9.17, 15) is 22.8 Å². The van der Waals surface area contributed by atoms with Crippen LogP contribution in [0.3, 0.4) is 0 Å². The number of carbonyl (C=O) groups is 2. The topological polar surface area (TPSA) is 98.5 Å². The van der Waals surface area contributed by atoms with Crippen molar-refractivity contribution in [2.24, 2.45) is 4.99 Å². The van der Waals surface area contributed by atoms with E-state index in [-0.39, 0.29) is 35.9 Å². The number of alkyl halides is 2. The first-order valence-electron chi connectivity index (χ1n) is 11.6. The van der Waals surface area contributed by atoms with E-state index >= 15 is 4.39 Å². The van der Waals surface area contributed by atoms with Crippen molar-refractivity contribution >= 4 is 17.7 Å². The van der Waals surface area contributed by atoms with Crippen molar-refractivity contribution in [3.8, 4) is 0 Å². The maximum absolute atomic E-state index is 15.2. The van der Waals surface area contributed by atoms with Crippen LogP contribution in [0.2, 0.25) is 0 Å². The van der Waals surface area contributed by atoms with Gasteiger partial charge in [0, 0.05) is 12.0 Å². The molecule has 0 fully saturated rings. The number of amides is 1. The number of aliphatic imine (C=N–C) groups is 1. The molecule has 1 N–H and O–H groups in total. The second-order valence-electron chi connectivity index (χ2n) is 10.0. The summed E-state index contributed by atoms with van der Waals surface area (Å²) < 4.78 is 62.3. The Morgan fingerprint density at radius 3 is 2.50 bits per heavy atom. The van der Waals surface area contributed by atoms with E-state index in [0.29, 0.717) is 5.56 Å². The zero-order valence-corrected chi connectivity index (χ0v) is 21.1. The predicted octanol–water partition coefficient (Wildman–Crippen LogP) is 5.12. The number of imidazole rings is 1. The van der Waals surface area contributed by atoms with Crippen LogP contribution in [-0.4, -0.2) is 37.8 Å². The molecular formula is C26H25F4N5O3. The number of benzene rings is 1. The number of nitrogens with zero attached hydrogens (tertiary/aromatic N) is 4. The van der Waals surface area contributed by atoms with Gasteiger partial charge in [-0.15, -0.1) is 0 Å². The Bertz CT molecular complexity index is 1410. The van der Waals surface area contributed by atoms with Crippen molar-refractivity contribution in [1.29, 1.82) is 0 Å². The molecule has 12 heteroatoms. The van der Waals surface area contributed by atoms with Gasteiger partial charge in [0.25, 0.3) is 6.43 Å². The van der Waals surface area contributed by atoms with Crippen LogP contribution >= 0.6 is 0 Å². The summed E-state index contributed by atoms with van der Waals surface area (Å²) in [5.74, 6) is -1.91. The van der Waals surface area contributed by atoms with Gasteiger partial charge in [-0.2, -0.15) is 0 Å². The van der Waals surface area contributed by atoms with Crippen LogP contribution in [0, 0.1) is 11.6 Å². The minimum atomic E-state index is -2.89. The van der Waals surface area contributed by atoms with Crippen LogP contribution in [0.25, 0.3) is 0 Å². The third-order valence-corrected chi connectivity index (χ3v) is 5.75. The van der Waals surface area contributed by atoms with Crippen molar-refractivity contribution < 1.29 is 31.9 Å². The van der Waals surface area contributed by atoms with Gasteiger partial charge in [0.2, 0.25) is 0 Å². The molecule has 0 saturated carbocycles. The van der Waals surface area contributed by atoms with E-state index in [0.717, 1.165) is 24.5 Å². The number of nitrogens with one attached hydrogen (secondary N) is 1. The Morgan fingerprint density at radius 2 is 1.87 bits per heavy atom. The molecule has 2 aromatic heterocycles. The molecular weight excluding hydrogens is 506 g/mol. The number of fused-ring (bicyclic) bond motifs is 1. The summed E-state index contributed by atoms with van der Waals surface area (Å²) in [7, 11) is 0. The van der Waals surface area contributed by atoms with Gasteiger partial charge in [-0.1, -0.05) is 6.07 Å². The third-order valence-electron chi connectivity index (χ3n) is 5.75. The van der Waals surface area contributed by atoms with Gasteiger partial charge in [-0.05, 0) is 57.5 Å². The lowest BCUT2D eigenvalue weighted by Gasteiger charge is -2.33. The van der Waals surface area contributed by atoms with Gasteiger partial charge in [0.15, 0.2) is 17.4 Å². The number of hydrogen-bond acceptors (Lipinski definition) is 6. The van der Waals surface area contributed by atoms with E-state index in [2.05, 4.69) is 20.3 Å². The molecule has 0 spiro atoms. The van der Waals surface area contributed by atoms with Gasteiger partial charge in [0.05, 0.1) is 18.9 Å². The SMILES string of the molecule is CC(C)(C)OC(=O)NC1=NC(C)(c2cc(CC(=O)c3ccc(F)cn3)ccc2F)Cn2c(C(F)F)cnc21. The maximum Gasteiger partial charge on any atom is 0.413 e. The fourth-order valence-corrected chi connectivity index (χ4v) is 4.10. The molecule has 0 saturated heterocycles. The van der Waals surface area contributed by atoms with Gasteiger partial charge >= 0.3 is 6.09 Å². The molecule has 0 bridgehead atoms. The van der Waals surface area contributed by atoms with E-state index in [1.165, 1.54) is 29.7 Å². The summed E-state index contributed by atoms with van der Waals surface area (Å²) in [6.07, 6.45) is -2.06. The van der Waals surface area contributed by atoms with Crippen LogP contribution in [0.1, 0.15) is 67.3 Å². The minimum Gasteiger partial charge on any atom is -0.444 e. The molecule has 4 rings (SSSR count). The van der Waals surface area contributed by atoms with Crippen LogP contribution in [-0.2, 0) is 23.2 Å². The average molecular weight is 532 g/mol.